The fourth-order valence-electron chi connectivity index (χ4n) is 1.93. The summed E-state index contributed by atoms with van der Waals surface area (Å²) in [7, 11) is 0. The molecule has 1 heteroatoms. The minimum absolute atomic E-state index is 0.225. The molecule has 0 fully saturated rings. The topological polar surface area (TPSA) is 20.2 Å². The molecule has 0 bridgehead atoms. The first kappa shape index (κ1) is 12.0. The summed E-state index contributed by atoms with van der Waals surface area (Å²) in [5.41, 5.74) is 2.26. The van der Waals surface area contributed by atoms with Crippen molar-refractivity contribution in [2.24, 2.45) is 0 Å². The van der Waals surface area contributed by atoms with Crippen LogP contribution in [0.15, 0.2) is 42.5 Å². The smallest absolute Gasteiger partial charge is 0.0645 e. The highest BCUT2D eigenvalue weighted by molar-refractivity contribution is 5.21. The molecule has 1 aromatic rings. The summed E-state index contributed by atoms with van der Waals surface area (Å²) < 4.78 is 0. The van der Waals surface area contributed by atoms with Gasteiger partial charge in [-0.15, -0.1) is 6.58 Å². The average molecular weight is 204 g/mol. The average Bonchev–Trinajstić information content (AvgIpc) is 2.19. The van der Waals surface area contributed by atoms with Gasteiger partial charge in [0.25, 0.3) is 0 Å². The zero-order valence-corrected chi connectivity index (χ0v) is 9.61. The molecule has 0 aliphatic carbocycles. The summed E-state index contributed by atoms with van der Waals surface area (Å²) in [5, 5.41) is 10.1. The molecule has 0 amide bonds. The predicted molar refractivity (Wildman–Crippen MR) is 64.9 cm³/mol. The Bertz CT molecular complexity index is 302. The van der Waals surface area contributed by atoms with Gasteiger partial charge in [-0.3, -0.25) is 0 Å². The van der Waals surface area contributed by atoms with Crippen LogP contribution < -0.4 is 0 Å². The minimum atomic E-state index is -0.310. The van der Waals surface area contributed by atoms with Crippen molar-refractivity contribution in [2.75, 3.05) is 0 Å². The highest BCUT2D eigenvalue weighted by Crippen LogP contribution is 2.26. The molecule has 0 aliphatic heterocycles. The zero-order chi connectivity index (χ0) is 11.3. The van der Waals surface area contributed by atoms with Gasteiger partial charge >= 0.3 is 0 Å². The fourth-order valence-corrected chi connectivity index (χ4v) is 1.93. The molecule has 82 valence electrons. The first-order valence-corrected chi connectivity index (χ1v) is 5.52. The van der Waals surface area contributed by atoms with Gasteiger partial charge in [-0.1, -0.05) is 42.8 Å². The predicted octanol–water partition coefficient (Wildman–Crippen LogP) is 3.51. The van der Waals surface area contributed by atoms with Crippen molar-refractivity contribution >= 4 is 0 Å². The van der Waals surface area contributed by atoms with Crippen LogP contribution in [0.1, 0.15) is 38.2 Å². The second kappa shape index (κ2) is 5.72. The maximum atomic E-state index is 10.1. The largest absolute Gasteiger partial charge is 0.392 e. The third-order valence-corrected chi connectivity index (χ3v) is 2.69. The molecule has 0 saturated heterocycles. The Morgan fingerprint density at radius 2 is 1.93 bits per heavy atom. The van der Waals surface area contributed by atoms with Crippen molar-refractivity contribution in [3.8, 4) is 0 Å². The van der Waals surface area contributed by atoms with Crippen molar-refractivity contribution in [1.82, 2.24) is 0 Å². The monoisotopic (exact) mass is 204 g/mol. The van der Waals surface area contributed by atoms with Gasteiger partial charge < -0.3 is 5.11 Å². The van der Waals surface area contributed by atoms with Gasteiger partial charge in [0.2, 0.25) is 0 Å². The van der Waals surface area contributed by atoms with E-state index in [1.807, 2.05) is 25.1 Å². The van der Waals surface area contributed by atoms with Gasteiger partial charge in [-0.2, -0.15) is 0 Å². The van der Waals surface area contributed by atoms with Crippen LogP contribution in [0.5, 0.6) is 0 Å². The molecule has 2 unspecified atom stereocenters. The number of hydrogen-bond donors (Lipinski definition) is 1. The Kier molecular flexibility index (Phi) is 4.57. The Labute approximate surface area is 92.5 Å². The third kappa shape index (κ3) is 3.52. The summed E-state index contributed by atoms with van der Waals surface area (Å²) in [4.78, 5) is 0. The molecule has 0 radical (unpaired) electrons. The highest BCUT2D eigenvalue weighted by atomic mass is 16.3. The quantitative estimate of drug-likeness (QED) is 0.728. The standard InChI is InChI=1S/C14H20O/c1-4-13(14(15)10-11(2)3)12-8-6-5-7-9-12/h5-9,13-15H,2,4,10H2,1,3H3. The molecular weight excluding hydrogens is 184 g/mol. The molecule has 0 aliphatic rings. The molecule has 0 aromatic heterocycles. The van der Waals surface area contributed by atoms with Crippen LogP contribution in [0.25, 0.3) is 0 Å². The second-order valence-corrected chi connectivity index (χ2v) is 4.15. The lowest BCUT2D eigenvalue weighted by molar-refractivity contribution is 0.141. The second-order valence-electron chi connectivity index (χ2n) is 4.15. The van der Waals surface area contributed by atoms with E-state index in [4.69, 9.17) is 0 Å². The summed E-state index contributed by atoms with van der Waals surface area (Å²) in [6.45, 7) is 7.92. The number of hydrogen-bond acceptors (Lipinski definition) is 1. The maximum Gasteiger partial charge on any atom is 0.0645 e. The van der Waals surface area contributed by atoms with Gasteiger partial charge in [-0.25, -0.2) is 0 Å². The van der Waals surface area contributed by atoms with E-state index in [0.29, 0.717) is 6.42 Å². The molecule has 1 N–H and O–H groups in total. The molecule has 1 aromatic carbocycles. The minimum Gasteiger partial charge on any atom is -0.392 e. The van der Waals surface area contributed by atoms with Gasteiger partial charge in [0, 0.05) is 5.92 Å². The van der Waals surface area contributed by atoms with E-state index in [1.54, 1.807) is 0 Å². The van der Waals surface area contributed by atoms with E-state index in [2.05, 4.69) is 25.6 Å². The van der Waals surface area contributed by atoms with Crippen LogP contribution in [0.4, 0.5) is 0 Å². The lowest BCUT2D eigenvalue weighted by Crippen LogP contribution is -2.18. The SMILES string of the molecule is C=C(C)CC(O)C(CC)c1ccccc1. The highest BCUT2D eigenvalue weighted by Gasteiger charge is 2.18. The first-order valence-electron chi connectivity index (χ1n) is 5.52. The molecule has 1 rings (SSSR count). The number of benzene rings is 1. The summed E-state index contributed by atoms with van der Waals surface area (Å²) in [6, 6.07) is 10.2. The third-order valence-electron chi connectivity index (χ3n) is 2.69. The van der Waals surface area contributed by atoms with Crippen molar-refractivity contribution in [1.29, 1.82) is 0 Å². The van der Waals surface area contributed by atoms with Gasteiger partial charge in [-0.05, 0) is 25.3 Å². The molecule has 2 atom stereocenters. The molecular formula is C14H20O. The Balaban J connectivity index is 2.75. The van der Waals surface area contributed by atoms with Gasteiger partial charge in [0.05, 0.1) is 6.10 Å². The summed E-state index contributed by atoms with van der Waals surface area (Å²) in [6.07, 6.45) is 1.33. The number of aliphatic hydroxyl groups excluding tert-OH is 1. The van der Waals surface area contributed by atoms with Crippen LogP contribution in [0.3, 0.4) is 0 Å². The molecule has 0 heterocycles. The van der Waals surface area contributed by atoms with Crippen molar-refractivity contribution < 1.29 is 5.11 Å². The van der Waals surface area contributed by atoms with E-state index in [0.717, 1.165) is 12.0 Å². The maximum absolute atomic E-state index is 10.1. The summed E-state index contributed by atoms with van der Waals surface area (Å²) >= 11 is 0. The Hall–Kier alpha value is -1.08. The summed E-state index contributed by atoms with van der Waals surface area (Å²) in [5.74, 6) is 0.225. The molecule has 0 saturated carbocycles. The van der Waals surface area contributed by atoms with E-state index in [9.17, 15) is 5.11 Å². The van der Waals surface area contributed by atoms with Crippen LogP contribution in [-0.2, 0) is 0 Å². The molecule has 15 heavy (non-hydrogen) atoms. The number of aliphatic hydroxyl groups is 1. The van der Waals surface area contributed by atoms with Crippen LogP contribution >= 0.6 is 0 Å². The lowest BCUT2D eigenvalue weighted by Gasteiger charge is -2.22. The normalized spacial score (nSPS) is 14.6. The van der Waals surface area contributed by atoms with E-state index in [1.165, 1.54) is 5.56 Å². The van der Waals surface area contributed by atoms with Gasteiger partial charge in [0.15, 0.2) is 0 Å². The fraction of sp³-hybridized carbons (Fsp3) is 0.429. The van der Waals surface area contributed by atoms with E-state index < -0.39 is 0 Å². The van der Waals surface area contributed by atoms with Crippen LogP contribution in [0.2, 0.25) is 0 Å². The van der Waals surface area contributed by atoms with Crippen LogP contribution in [0, 0.1) is 0 Å². The molecule has 0 spiro atoms. The van der Waals surface area contributed by atoms with Crippen molar-refractivity contribution in [2.45, 2.75) is 38.7 Å². The van der Waals surface area contributed by atoms with Crippen LogP contribution in [-0.4, -0.2) is 11.2 Å². The number of rotatable bonds is 5. The first-order chi connectivity index (χ1) is 7.15. The van der Waals surface area contributed by atoms with Crippen molar-refractivity contribution in [3.63, 3.8) is 0 Å². The zero-order valence-electron chi connectivity index (χ0n) is 9.61. The molecule has 1 nitrogen and oxygen atoms in total. The Morgan fingerprint density at radius 1 is 1.33 bits per heavy atom. The van der Waals surface area contributed by atoms with Gasteiger partial charge in [0.1, 0.15) is 0 Å². The van der Waals surface area contributed by atoms with E-state index in [-0.39, 0.29) is 12.0 Å². The van der Waals surface area contributed by atoms with E-state index >= 15 is 0 Å². The van der Waals surface area contributed by atoms with Crippen molar-refractivity contribution in [3.05, 3.63) is 48.0 Å². The lowest BCUT2D eigenvalue weighted by atomic mass is 9.88. The Morgan fingerprint density at radius 3 is 2.40 bits per heavy atom.